The number of halogens is 4. The van der Waals surface area contributed by atoms with Crippen LogP contribution in [0.5, 0.6) is 0 Å². The van der Waals surface area contributed by atoms with E-state index in [0.29, 0.717) is 5.56 Å². The van der Waals surface area contributed by atoms with Crippen molar-refractivity contribution in [1.29, 1.82) is 0 Å². The molecule has 0 aliphatic carbocycles. The van der Waals surface area contributed by atoms with Gasteiger partial charge in [-0.1, -0.05) is 17.7 Å². The fourth-order valence-electron chi connectivity index (χ4n) is 1.68. The van der Waals surface area contributed by atoms with E-state index in [9.17, 15) is 18.0 Å². The molecule has 1 amide bonds. The zero-order valence-electron chi connectivity index (χ0n) is 10.8. The SMILES string of the molecule is Cc1ccc(C(F)(F)F)cc1NC(=O)c1ccncc1Cl. The van der Waals surface area contributed by atoms with Crippen molar-refractivity contribution in [2.24, 2.45) is 0 Å². The molecule has 1 aromatic heterocycles. The van der Waals surface area contributed by atoms with E-state index in [-0.39, 0.29) is 16.3 Å². The molecule has 0 aliphatic rings. The van der Waals surface area contributed by atoms with Crippen LogP contribution >= 0.6 is 11.6 Å². The Bertz CT molecular complexity index is 686. The van der Waals surface area contributed by atoms with Crippen molar-refractivity contribution in [3.05, 3.63) is 58.4 Å². The number of hydrogen-bond acceptors (Lipinski definition) is 2. The Balaban J connectivity index is 2.31. The standard InChI is InChI=1S/C14H10ClF3N2O/c1-8-2-3-9(14(16,17)18)6-12(8)20-13(21)10-4-5-19-7-11(10)15/h2-7H,1H3,(H,20,21). The summed E-state index contributed by atoms with van der Waals surface area (Å²) in [7, 11) is 0. The first-order valence-electron chi connectivity index (χ1n) is 5.88. The van der Waals surface area contributed by atoms with E-state index in [2.05, 4.69) is 10.3 Å². The van der Waals surface area contributed by atoms with Crippen molar-refractivity contribution in [3.8, 4) is 0 Å². The fraction of sp³-hybridized carbons (Fsp3) is 0.143. The van der Waals surface area contributed by atoms with E-state index in [1.807, 2.05) is 0 Å². The van der Waals surface area contributed by atoms with E-state index < -0.39 is 17.6 Å². The lowest BCUT2D eigenvalue weighted by Crippen LogP contribution is -2.14. The molecule has 2 aromatic rings. The third kappa shape index (κ3) is 3.52. The molecule has 0 fully saturated rings. The number of carbonyl (C=O) groups is 1. The molecule has 0 aliphatic heterocycles. The highest BCUT2D eigenvalue weighted by atomic mass is 35.5. The molecule has 2 rings (SSSR count). The first-order chi connectivity index (χ1) is 9.79. The number of aryl methyl sites for hydroxylation is 1. The molecular formula is C14H10ClF3N2O. The lowest BCUT2D eigenvalue weighted by molar-refractivity contribution is -0.137. The quantitative estimate of drug-likeness (QED) is 0.897. The molecular weight excluding hydrogens is 305 g/mol. The molecule has 3 nitrogen and oxygen atoms in total. The van der Waals surface area contributed by atoms with Gasteiger partial charge in [-0.05, 0) is 30.7 Å². The minimum absolute atomic E-state index is 0.0858. The van der Waals surface area contributed by atoms with Gasteiger partial charge in [0.25, 0.3) is 5.91 Å². The first-order valence-corrected chi connectivity index (χ1v) is 6.25. The number of nitrogens with zero attached hydrogens (tertiary/aromatic N) is 1. The van der Waals surface area contributed by atoms with Gasteiger partial charge in [0, 0.05) is 18.1 Å². The molecule has 1 aromatic carbocycles. The Morgan fingerprint density at radius 2 is 2.00 bits per heavy atom. The van der Waals surface area contributed by atoms with Crippen molar-refractivity contribution in [1.82, 2.24) is 4.98 Å². The lowest BCUT2D eigenvalue weighted by Gasteiger charge is -2.13. The molecule has 0 saturated heterocycles. The molecule has 7 heteroatoms. The summed E-state index contributed by atoms with van der Waals surface area (Å²) in [5, 5.41) is 2.55. The van der Waals surface area contributed by atoms with Crippen molar-refractivity contribution in [2.45, 2.75) is 13.1 Å². The van der Waals surface area contributed by atoms with Gasteiger partial charge < -0.3 is 5.32 Å². The van der Waals surface area contributed by atoms with Gasteiger partial charge in [-0.15, -0.1) is 0 Å². The first kappa shape index (κ1) is 15.3. The minimum Gasteiger partial charge on any atom is -0.322 e. The highest BCUT2D eigenvalue weighted by Crippen LogP contribution is 2.32. The molecule has 0 radical (unpaired) electrons. The van der Waals surface area contributed by atoms with Gasteiger partial charge in [-0.2, -0.15) is 13.2 Å². The van der Waals surface area contributed by atoms with E-state index in [1.165, 1.54) is 24.5 Å². The number of hydrogen-bond donors (Lipinski definition) is 1. The molecule has 0 spiro atoms. The number of nitrogens with one attached hydrogen (secondary N) is 1. The van der Waals surface area contributed by atoms with Crippen molar-refractivity contribution >= 4 is 23.2 Å². The fourth-order valence-corrected chi connectivity index (χ4v) is 1.89. The van der Waals surface area contributed by atoms with E-state index in [4.69, 9.17) is 11.6 Å². The Morgan fingerprint density at radius 1 is 1.29 bits per heavy atom. The number of rotatable bonds is 2. The molecule has 1 heterocycles. The molecule has 21 heavy (non-hydrogen) atoms. The molecule has 0 bridgehead atoms. The van der Waals surface area contributed by atoms with Gasteiger partial charge in [-0.25, -0.2) is 0 Å². The van der Waals surface area contributed by atoms with Crippen LogP contribution in [0.25, 0.3) is 0 Å². The van der Waals surface area contributed by atoms with Crippen LogP contribution in [-0.4, -0.2) is 10.9 Å². The summed E-state index contributed by atoms with van der Waals surface area (Å²) in [6.07, 6.45) is -1.81. The largest absolute Gasteiger partial charge is 0.416 e. The number of pyridine rings is 1. The highest BCUT2D eigenvalue weighted by Gasteiger charge is 2.31. The maximum absolute atomic E-state index is 12.7. The number of anilines is 1. The number of carbonyl (C=O) groups excluding carboxylic acids is 1. The Hall–Kier alpha value is -2.08. The predicted molar refractivity (Wildman–Crippen MR) is 73.4 cm³/mol. The van der Waals surface area contributed by atoms with E-state index in [0.717, 1.165) is 12.1 Å². The van der Waals surface area contributed by atoms with Gasteiger partial charge in [0.15, 0.2) is 0 Å². The van der Waals surface area contributed by atoms with Crippen LogP contribution in [-0.2, 0) is 6.18 Å². The van der Waals surface area contributed by atoms with Crippen LogP contribution in [0, 0.1) is 6.92 Å². The molecule has 110 valence electrons. The van der Waals surface area contributed by atoms with Crippen LogP contribution in [0.15, 0.2) is 36.7 Å². The third-order valence-corrected chi connectivity index (χ3v) is 3.13. The van der Waals surface area contributed by atoms with E-state index >= 15 is 0 Å². The molecule has 0 saturated carbocycles. The number of benzene rings is 1. The second-order valence-corrected chi connectivity index (χ2v) is 4.74. The maximum Gasteiger partial charge on any atom is 0.416 e. The van der Waals surface area contributed by atoms with Crippen LogP contribution in [0.2, 0.25) is 5.02 Å². The highest BCUT2D eigenvalue weighted by molar-refractivity contribution is 6.34. The molecule has 0 atom stereocenters. The zero-order valence-corrected chi connectivity index (χ0v) is 11.6. The average Bonchev–Trinajstić information content (AvgIpc) is 2.40. The van der Waals surface area contributed by atoms with Crippen molar-refractivity contribution in [2.75, 3.05) is 5.32 Å². The van der Waals surface area contributed by atoms with Gasteiger partial charge in [0.2, 0.25) is 0 Å². The zero-order chi connectivity index (χ0) is 15.6. The summed E-state index contributed by atoms with van der Waals surface area (Å²) < 4.78 is 38.0. The number of amides is 1. The van der Waals surface area contributed by atoms with E-state index in [1.54, 1.807) is 6.92 Å². The summed E-state index contributed by atoms with van der Waals surface area (Å²) in [4.78, 5) is 15.8. The van der Waals surface area contributed by atoms with Gasteiger partial charge in [0.05, 0.1) is 16.1 Å². The Morgan fingerprint density at radius 3 is 2.62 bits per heavy atom. The van der Waals surface area contributed by atoms with Crippen LogP contribution in [0.1, 0.15) is 21.5 Å². The third-order valence-electron chi connectivity index (χ3n) is 2.83. The average molecular weight is 315 g/mol. The summed E-state index contributed by atoms with van der Waals surface area (Å²) in [6, 6.07) is 4.54. The van der Waals surface area contributed by atoms with Gasteiger partial charge >= 0.3 is 6.18 Å². The normalized spacial score (nSPS) is 11.3. The monoisotopic (exact) mass is 314 g/mol. The van der Waals surface area contributed by atoms with Gasteiger partial charge in [-0.3, -0.25) is 9.78 Å². The second kappa shape index (κ2) is 5.73. The number of aromatic nitrogens is 1. The van der Waals surface area contributed by atoms with Crippen LogP contribution in [0.4, 0.5) is 18.9 Å². The summed E-state index contributed by atoms with van der Waals surface area (Å²) in [5.41, 5.74) is -0.0862. The smallest absolute Gasteiger partial charge is 0.322 e. The maximum atomic E-state index is 12.7. The van der Waals surface area contributed by atoms with Crippen molar-refractivity contribution in [3.63, 3.8) is 0 Å². The summed E-state index contributed by atoms with van der Waals surface area (Å²) in [6.45, 7) is 1.60. The minimum atomic E-state index is -4.47. The Kier molecular flexibility index (Phi) is 4.18. The second-order valence-electron chi connectivity index (χ2n) is 4.34. The summed E-state index contributed by atoms with van der Waals surface area (Å²) >= 11 is 5.83. The van der Waals surface area contributed by atoms with Crippen LogP contribution < -0.4 is 5.32 Å². The molecule has 0 unspecified atom stereocenters. The topological polar surface area (TPSA) is 42.0 Å². The van der Waals surface area contributed by atoms with Gasteiger partial charge in [0.1, 0.15) is 0 Å². The molecule has 1 N–H and O–H groups in total. The summed E-state index contributed by atoms with van der Waals surface area (Å²) in [5.74, 6) is -0.593. The lowest BCUT2D eigenvalue weighted by atomic mass is 10.1. The van der Waals surface area contributed by atoms with Crippen LogP contribution in [0.3, 0.4) is 0 Å². The number of alkyl halides is 3. The Labute approximate surface area is 123 Å². The van der Waals surface area contributed by atoms with Crippen molar-refractivity contribution < 1.29 is 18.0 Å². The predicted octanol–water partition coefficient (Wildman–Crippen LogP) is 4.31.